The molecule has 0 N–H and O–H groups in total. The van der Waals surface area contributed by atoms with Crippen molar-refractivity contribution in [3.8, 4) is 28.6 Å². The second-order valence-corrected chi connectivity index (χ2v) is 9.28. The zero-order valence-electron chi connectivity index (χ0n) is 20.7. The lowest BCUT2D eigenvalue weighted by Crippen LogP contribution is -2.49. The Morgan fingerprint density at radius 1 is 1.08 bits per heavy atom. The van der Waals surface area contributed by atoms with Crippen molar-refractivity contribution in [2.24, 2.45) is 5.92 Å². The Morgan fingerprint density at radius 3 is 2.58 bits per heavy atom. The topological polar surface area (TPSA) is 109 Å². The van der Waals surface area contributed by atoms with Crippen molar-refractivity contribution >= 4 is 5.91 Å². The SMILES string of the molecule is COc1cc(-c2noc(CCCC(=O)N3C[C@H]4C[C@@H](C3)c3cccc(=O)n3C4)n2)cc(OC)c1OC. The lowest BCUT2D eigenvalue weighted by atomic mass is 9.83. The number of likely N-dealkylation sites (tertiary alicyclic amines) is 1. The number of ether oxygens (including phenoxy) is 3. The molecule has 0 unspecified atom stereocenters. The van der Waals surface area contributed by atoms with Crippen molar-refractivity contribution in [2.75, 3.05) is 34.4 Å². The first-order valence-electron chi connectivity index (χ1n) is 12.1. The summed E-state index contributed by atoms with van der Waals surface area (Å²) in [6.07, 6.45) is 2.54. The molecule has 1 saturated heterocycles. The number of fused-ring (bicyclic) bond motifs is 4. The van der Waals surface area contributed by atoms with Crippen LogP contribution in [0.25, 0.3) is 11.4 Å². The van der Waals surface area contributed by atoms with Crippen molar-refractivity contribution in [3.05, 3.63) is 52.3 Å². The van der Waals surface area contributed by atoms with Crippen LogP contribution in [0.5, 0.6) is 17.2 Å². The molecule has 0 spiro atoms. The predicted octanol–water partition coefficient (Wildman–Crippen LogP) is 2.89. The summed E-state index contributed by atoms with van der Waals surface area (Å²) in [5.41, 5.74) is 1.77. The van der Waals surface area contributed by atoms with Gasteiger partial charge in [-0.15, -0.1) is 0 Å². The largest absolute Gasteiger partial charge is 0.493 e. The van der Waals surface area contributed by atoms with Crippen LogP contribution in [-0.4, -0.2) is 59.9 Å². The van der Waals surface area contributed by atoms with Gasteiger partial charge in [0.2, 0.25) is 23.4 Å². The zero-order chi connectivity index (χ0) is 25.2. The molecule has 10 heteroatoms. The maximum Gasteiger partial charge on any atom is 0.250 e. The number of piperidine rings is 1. The highest BCUT2D eigenvalue weighted by atomic mass is 16.5. The summed E-state index contributed by atoms with van der Waals surface area (Å²) < 4.78 is 23.5. The highest BCUT2D eigenvalue weighted by Gasteiger charge is 2.36. The quantitative estimate of drug-likeness (QED) is 0.470. The van der Waals surface area contributed by atoms with Crippen molar-refractivity contribution in [1.29, 1.82) is 0 Å². The minimum Gasteiger partial charge on any atom is -0.493 e. The summed E-state index contributed by atoms with van der Waals surface area (Å²) in [5.74, 6) is 3.03. The van der Waals surface area contributed by atoms with Gasteiger partial charge in [0, 0.05) is 55.7 Å². The van der Waals surface area contributed by atoms with Crippen LogP contribution in [0.1, 0.15) is 36.8 Å². The first-order valence-corrected chi connectivity index (χ1v) is 12.1. The van der Waals surface area contributed by atoms with E-state index < -0.39 is 0 Å². The molecule has 0 radical (unpaired) electrons. The Labute approximate surface area is 208 Å². The Balaban J connectivity index is 1.19. The fourth-order valence-electron chi connectivity index (χ4n) is 5.33. The third-order valence-electron chi connectivity index (χ3n) is 7.00. The monoisotopic (exact) mass is 494 g/mol. The zero-order valence-corrected chi connectivity index (χ0v) is 20.7. The molecule has 4 heterocycles. The second kappa shape index (κ2) is 10.0. The molecule has 0 saturated carbocycles. The molecule has 1 aromatic carbocycles. The number of methoxy groups -OCH3 is 3. The molecule has 10 nitrogen and oxygen atoms in total. The average molecular weight is 495 g/mol. The Morgan fingerprint density at radius 2 is 1.86 bits per heavy atom. The van der Waals surface area contributed by atoms with E-state index in [9.17, 15) is 9.59 Å². The number of pyridine rings is 1. The van der Waals surface area contributed by atoms with Gasteiger partial charge in [-0.25, -0.2) is 0 Å². The summed E-state index contributed by atoms with van der Waals surface area (Å²) in [6.45, 7) is 2.04. The standard InChI is InChI=1S/C26H30N4O6/c1-33-20-11-17(12-21(34-2)25(20)35-3)26-27-22(36-28-26)7-5-8-23(31)29-13-16-10-18(15-29)19-6-4-9-24(32)30(19)14-16/h4,6,9,11-12,16,18H,5,7-8,10,13-15H2,1-3H3/t16-,18+/m1/s1. The summed E-state index contributed by atoms with van der Waals surface area (Å²) >= 11 is 0. The second-order valence-electron chi connectivity index (χ2n) is 9.28. The summed E-state index contributed by atoms with van der Waals surface area (Å²) in [6, 6.07) is 8.96. The van der Waals surface area contributed by atoms with Crippen molar-refractivity contribution < 1.29 is 23.5 Å². The van der Waals surface area contributed by atoms with Gasteiger partial charge >= 0.3 is 0 Å². The number of hydrogen-bond acceptors (Lipinski definition) is 8. The molecule has 1 amide bonds. The van der Waals surface area contributed by atoms with Crippen LogP contribution in [0.3, 0.4) is 0 Å². The van der Waals surface area contributed by atoms with E-state index in [0.29, 0.717) is 79.3 Å². The van der Waals surface area contributed by atoms with E-state index in [1.807, 2.05) is 21.6 Å². The fourth-order valence-corrected chi connectivity index (χ4v) is 5.33. The molecule has 1 fully saturated rings. The number of carbonyl (C=O) groups excluding carboxylic acids is 1. The first kappa shape index (κ1) is 23.9. The smallest absolute Gasteiger partial charge is 0.250 e. The van der Waals surface area contributed by atoms with Gasteiger partial charge in [-0.1, -0.05) is 11.2 Å². The molecule has 2 atom stereocenters. The van der Waals surface area contributed by atoms with Gasteiger partial charge < -0.3 is 28.2 Å². The van der Waals surface area contributed by atoms with Crippen LogP contribution in [0.4, 0.5) is 0 Å². The van der Waals surface area contributed by atoms with Gasteiger partial charge in [-0.3, -0.25) is 9.59 Å². The third kappa shape index (κ3) is 4.55. The molecular formula is C26H30N4O6. The van der Waals surface area contributed by atoms with Crippen LogP contribution >= 0.6 is 0 Å². The van der Waals surface area contributed by atoms with Gasteiger partial charge in [0.05, 0.1) is 21.3 Å². The summed E-state index contributed by atoms with van der Waals surface area (Å²) in [7, 11) is 4.64. The number of hydrogen-bond donors (Lipinski definition) is 0. The normalized spacial score (nSPS) is 18.5. The van der Waals surface area contributed by atoms with Gasteiger partial charge in [-0.05, 0) is 37.0 Å². The van der Waals surface area contributed by atoms with Gasteiger partial charge in [0.25, 0.3) is 5.56 Å². The number of aromatic nitrogens is 3. The van der Waals surface area contributed by atoms with Crippen LogP contribution in [-0.2, 0) is 17.8 Å². The van der Waals surface area contributed by atoms with E-state index >= 15 is 0 Å². The predicted molar refractivity (Wildman–Crippen MR) is 130 cm³/mol. The van der Waals surface area contributed by atoms with E-state index in [2.05, 4.69) is 10.1 Å². The molecule has 190 valence electrons. The van der Waals surface area contributed by atoms with Gasteiger partial charge in [0.1, 0.15) is 0 Å². The van der Waals surface area contributed by atoms with E-state index in [4.69, 9.17) is 18.7 Å². The van der Waals surface area contributed by atoms with Crippen LogP contribution in [0.15, 0.2) is 39.6 Å². The Kier molecular flexibility index (Phi) is 6.67. The molecule has 3 aromatic rings. The number of benzene rings is 1. The molecule has 2 aliphatic rings. The molecule has 0 aliphatic carbocycles. The molecule has 2 aliphatic heterocycles. The number of amides is 1. The van der Waals surface area contributed by atoms with Gasteiger partial charge in [-0.2, -0.15) is 4.98 Å². The summed E-state index contributed by atoms with van der Waals surface area (Å²) in [4.78, 5) is 31.6. The van der Waals surface area contributed by atoms with Gasteiger partial charge in [0.15, 0.2) is 11.5 Å². The van der Waals surface area contributed by atoms with Crippen LogP contribution < -0.4 is 19.8 Å². The minimum absolute atomic E-state index is 0.0485. The number of carbonyl (C=O) groups is 1. The highest BCUT2D eigenvalue weighted by molar-refractivity contribution is 5.76. The van der Waals surface area contributed by atoms with E-state index in [0.717, 1.165) is 12.1 Å². The highest BCUT2D eigenvalue weighted by Crippen LogP contribution is 2.40. The molecular weight excluding hydrogens is 464 g/mol. The van der Waals surface area contributed by atoms with Crippen LogP contribution in [0, 0.1) is 5.92 Å². The lowest BCUT2D eigenvalue weighted by molar-refractivity contribution is -0.134. The molecule has 2 aromatic heterocycles. The minimum atomic E-state index is 0.0485. The maximum absolute atomic E-state index is 13.0. The van der Waals surface area contributed by atoms with E-state index in [-0.39, 0.29) is 17.4 Å². The number of nitrogens with zero attached hydrogens (tertiary/aromatic N) is 4. The third-order valence-corrected chi connectivity index (χ3v) is 7.00. The van der Waals surface area contributed by atoms with E-state index in [1.165, 1.54) is 0 Å². The maximum atomic E-state index is 13.0. The lowest BCUT2D eigenvalue weighted by Gasteiger charge is -2.42. The summed E-state index contributed by atoms with van der Waals surface area (Å²) in [5, 5.41) is 4.09. The average Bonchev–Trinajstić information content (AvgIpc) is 3.37. The van der Waals surface area contributed by atoms with E-state index in [1.54, 1.807) is 39.5 Å². The number of rotatable bonds is 8. The Hall–Kier alpha value is -3.82. The first-order chi connectivity index (χ1) is 17.5. The Bertz CT molecular complexity index is 1290. The van der Waals surface area contributed by atoms with Crippen molar-refractivity contribution in [2.45, 2.75) is 38.1 Å². The number of aryl methyl sites for hydroxylation is 1. The van der Waals surface area contributed by atoms with Crippen LogP contribution in [0.2, 0.25) is 0 Å². The fraction of sp³-hybridized carbons (Fsp3) is 0.462. The molecule has 36 heavy (non-hydrogen) atoms. The van der Waals surface area contributed by atoms with Crippen molar-refractivity contribution in [1.82, 2.24) is 19.6 Å². The van der Waals surface area contributed by atoms with Crippen molar-refractivity contribution in [3.63, 3.8) is 0 Å². The molecule has 5 rings (SSSR count). The molecule has 2 bridgehead atoms.